The molecule has 0 spiro atoms. The van der Waals surface area contributed by atoms with Crippen molar-refractivity contribution >= 4 is 23.4 Å². The second kappa shape index (κ2) is 11.0. The molecule has 2 aromatic heterocycles. The average molecular weight is 483 g/mol. The number of aromatic nitrogens is 4. The molecule has 2 aromatic carbocycles. The number of hydrogen-bond donors (Lipinski definition) is 0. The molecule has 1 atom stereocenters. The Hall–Kier alpha value is -3.96. The lowest BCUT2D eigenvalue weighted by atomic mass is 10.1. The van der Waals surface area contributed by atoms with Crippen LogP contribution in [-0.4, -0.2) is 37.5 Å². The van der Waals surface area contributed by atoms with Crippen molar-refractivity contribution in [1.29, 1.82) is 5.26 Å². The zero-order valence-electron chi connectivity index (χ0n) is 19.9. The molecule has 176 valence electrons. The van der Waals surface area contributed by atoms with Crippen LogP contribution >= 0.6 is 11.8 Å². The van der Waals surface area contributed by atoms with Crippen LogP contribution in [0.3, 0.4) is 0 Å². The largest absolute Gasteiger partial charge is 0.310 e. The van der Waals surface area contributed by atoms with Gasteiger partial charge in [-0.3, -0.25) is 14.3 Å². The van der Waals surface area contributed by atoms with E-state index in [-0.39, 0.29) is 12.3 Å². The molecule has 0 aliphatic heterocycles. The summed E-state index contributed by atoms with van der Waals surface area (Å²) in [5.74, 6) is 0.523. The Balaban J connectivity index is 1.71. The number of aryl methyl sites for hydroxylation is 2. The Morgan fingerprint density at radius 1 is 1.09 bits per heavy atom. The Bertz CT molecular complexity index is 1350. The van der Waals surface area contributed by atoms with E-state index in [9.17, 15) is 4.79 Å². The third kappa shape index (κ3) is 5.42. The SMILES string of the molecule is Cc1ccc(-n2c(SC(C)C(=O)N(CCC#N)c3ccccc3)nnc2-c2ccccn2)c(C)c1. The number of pyridine rings is 1. The summed E-state index contributed by atoms with van der Waals surface area (Å²) >= 11 is 1.35. The zero-order valence-corrected chi connectivity index (χ0v) is 20.7. The van der Waals surface area contributed by atoms with E-state index in [0.29, 0.717) is 23.2 Å². The van der Waals surface area contributed by atoms with Crippen LogP contribution in [0.1, 0.15) is 24.5 Å². The van der Waals surface area contributed by atoms with Gasteiger partial charge in [0.05, 0.1) is 23.4 Å². The molecule has 2 heterocycles. The van der Waals surface area contributed by atoms with Gasteiger partial charge in [-0.2, -0.15) is 5.26 Å². The van der Waals surface area contributed by atoms with Gasteiger partial charge in [-0.05, 0) is 56.7 Å². The monoisotopic (exact) mass is 482 g/mol. The van der Waals surface area contributed by atoms with E-state index in [0.717, 1.165) is 22.5 Å². The topological polar surface area (TPSA) is 87.7 Å². The van der Waals surface area contributed by atoms with Crippen molar-refractivity contribution in [2.45, 2.75) is 37.6 Å². The van der Waals surface area contributed by atoms with Crippen molar-refractivity contribution in [3.05, 3.63) is 84.1 Å². The number of hydrogen-bond acceptors (Lipinski definition) is 6. The van der Waals surface area contributed by atoms with Crippen molar-refractivity contribution in [3.63, 3.8) is 0 Å². The first-order chi connectivity index (χ1) is 17.0. The molecule has 7 nitrogen and oxygen atoms in total. The highest BCUT2D eigenvalue weighted by atomic mass is 32.2. The van der Waals surface area contributed by atoms with Gasteiger partial charge in [-0.1, -0.05) is 53.7 Å². The first-order valence-corrected chi connectivity index (χ1v) is 12.2. The van der Waals surface area contributed by atoms with Gasteiger partial charge in [0, 0.05) is 18.4 Å². The molecule has 35 heavy (non-hydrogen) atoms. The summed E-state index contributed by atoms with van der Waals surface area (Å²) in [4.78, 5) is 19.7. The minimum atomic E-state index is -0.459. The first-order valence-electron chi connectivity index (χ1n) is 11.3. The maximum Gasteiger partial charge on any atom is 0.240 e. The predicted octanol–water partition coefficient (Wildman–Crippen LogP) is 5.37. The number of carbonyl (C=O) groups excluding carboxylic acids is 1. The van der Waals surface area contributed by atoms with Crippen LogP contribution in [0.4, 0.5) is 5.69 Å². The fraction of sp³-hybridized carbons (Fsp3) is 0.222. The Morgan fingerprint density at radius 3 is 2.54 bits per heavy atom. The molecule has 1 amide bonds. The van der Waals surface area contributed by atoms with Crippen LogP contribution in [0.25, 0.3) is 17.2 Å². The van der Waals surface area contributed by atoms with Gasteiger partial charge in [0.25, 0.3) is 0 Å². The zero-order chi connectivity index (χ0) is 24.8. The van der Waals surface area contributed by atoms with Crippen molar-refractivity contribution in [2.75, 3.05) is 11.4 Å². The normalized spacial score (nSPS) is 11.6. The fourth-order valence-electron chi connectivity index (χ4n) is 3.84. The quantitative estimate of drug-likeness (QED) is 0.314. The van der Waals surface area contributed by atoms with E-state index in [1.807, 2.05) is 79.1 Å². The smallest absolute Gasteiger partial charge is 0.240 e. The highest BCUT2D eigenvalue weighted by molar-refractivity contribution is 8.00. The number of anilines is 1. The fourth-order valence-corrected chi connectivity index (χ4v) is 4.77. The van der Waals surface area contributed by atoms with E-state index in [4.69, 9.17) is 5.26 Å². The highest BCUT2D eigenvalue weighted by Gasteiger charge is 2.27. The summed E-state index contributed by atoms with van der Waals surface area (Å²) in [6.45, 7) is 6.29. The van der Waals surface area contributed by atoms with Gasteiger partial charge in [0.15, 0.2) is 11.0 Å². The molecule has 4 aromatic rings. The second-order valence-electron chi connectivity index (χ2n) is 8.14. The summed E-state index contributed by atoms with van der Waals surface area (Å²) in [5, 5.41) is 18.2. The van der Waals surface area contributed by atoms with Crippen molar-refractivity contribution in [3.8, 4) is 23.3 Å². The van der Waals surface area contributed by atoms with Gasteiger partial charge < -0.3 is 4.90 Å². The predicted molar refractivity (Wildman–Crippen MR) is 138 cm³/mol. The Labute approximate surface area is 209 Å². The molecule has 0 saturated heterocycles. The summed E-state index contributed by atoms with van der Waals surface area (Å²) in [6.07, 6.45) is 1.98. The van der Waals surface area contributed by atoms with Crippen molar-refractivity contribution in [1.82, 2.24) is 19.7 Å². The summed E-state index contributed by atoms with van der Waals surface area (Å²) < 4.78 is 1.97. The van der Waals surface area contributed by atoms with E-state index in [1.54, 1.807) is 11.1 Å². The Kier molecular flexibility index (Phi) is 7.58. The molecule has 0 bridgehead atoms. The van der Waals surface area contributed by atoms with Gasteiger partial charge in [0.1, 0.15) is 5.69 Å². The van der Waals surface area contributed by atoms with E-state index in [1.165, 1.54) is 11.8 Å². The van der Waals surface area contributed by atoms with Gasteiger partial charge in [-0.15, -0.1) is 10.2 Å². The van der Waals surface area contributed by atoms with Gasteiger partial charge in [0.2, 0.25) is 5.91 Å². The van der Waals surface area contributed by atoms with Crippen molar-refractivity contribution in [2.24, 2.45) is 0 Å². The standard InChI is InChI=1S/C27H26N6OS/c1-19-13-14-24(20(2)18-19)33-25(23-12-7-8-16-29-23)30-31-27(33)35-21(3)26(34)32(17-9-15-28)22-10-5-4-6-11-22/h4-8,10-14,16,18,21H,9,17H2,1-3H3. The molecule has 0 radical (unpaired) electrons. The summed E-state index contributed by atoms with van der Waals surface area (Å²) in [7, 11) is 0. The average Bonchev–Trinajstić information content (AvgIpc) is 3.28. The van der Waals surface area contributed by atoms with Crippen molar-refractivity contribution < 1.29 is 4.79 Å². The molecule has 0 N–H and O–H groups in total. The number of amides is 1. The summed E-state index contributed by atoms with van der Waals surface area (Å²) in [5.41, 5.74) is 4.64. The minimum Gasteiger partial charge on any atom is -0.310 e. The molecular weight excluding hydrogens is 456 g/mol. The van der Waals surface area contributed by atoms with E-state index >= 15 is 0 Å². The van der Waals surface area contributed by atoms with Crippen LogP contribution in [0, 0.1) is 25.2 Å². The lowest BCUT2D eigenvalue weighted by molar-refractivity contribution is -0.117. The van der Waals surface area contributed by atoms with Crippen LogP contribution in [0.15, 0.2) is 78.1 Å². The Morgan fingerprint density at radius 2 is 1.86 bits per heavy atom. The number of para-hydroxylation sites is 1. The van der Waals surface area contributed by atoms with E-state index in [2.05, 4.69) is 34.2 Å². The molecule has 4 rings (SSSR count). The maximum absolute atomic E-state index is 13.5. The minimum absolute atomic E-state index is 0.0917. The molecular formula is C27H26N6OS. The lowest BCUT2D eigenvalue weighted by Crippen LogP contribution is -2.37. The third-order valence-electron chi connectivity index (χ3n) is 5.53. The van der Waals surface area contributed by atoms with Crippen LogP contribution in [0.5, 0.6) is 0 Å². The molecule has 0 fully saturated rings. The highest BCUT2D eigenvalue weighted by Crippen LogP contribution is 2.32. The molecule has 0 aliphatic rings. The van der Waals surface area contributed by atoms with Crippen LogP contribution < -0.4 is 4.90 Å². The number of benzene rings is 2. The first kappa shape index (κ1) is 24.2. The summed E-state index contributed by atoms with van der Waals surface area (Å²) in [6, 6.07) is 23.4. The molecule has 0 aliphatic carbocycles. The van der Waals surface area contributed by atoms with Gasteiger partial charge in [-0.25, -0.2) is 0 Å². The molecule has 8 heteroatoms. The number of rotatable bonds is 8. The number of carbonyl (C=O) groups is 1. The maximum atomic E-state index is 13.5. The van der Waals surface area contributed by atoms with Crippen LogP contribution in [0.2, 0.25) is 0 Å². The van der Waals surface area contributed by atoms with Gasteiger partial charge >= 0.3 is 0 Å². The van der Waals surface area contributed by atoms with E-state index < -0.39 is 5.25 Å². The molecule has 1 unspecified atom stereocenters. The molecule has 0 saturated carbocycles. The number of nitriles is 1. The number of nitrogens with zero attached hydrogens (tertiary/aromatic N) is 6. The van der Waals surface area contributed by atoms with Crippen LogP contribution in [-0.2, 0) is 4.79 Å². The second-order valence-corrected chi connectivity index (χ2v) is 9.45. The third-order valence-corrected chi connectivity index (χ3v) is 6.56. The number of thioether (sulfide) groups is 1. The lowest BCUT2D eigenvalue weighted by Gasteiger charge is -2.25.